The standard InChI is InChI=1S/C16H13ClN6O4S4/c17-1-7(8-5-30-16(18)20-8)12(24)21-10-13(25)23-11(15(26)27)6(4-29-14(10)23)3-28-9-2-19-22-31-9/h1-2,5,10,14H,3-4H2,(H2,18,20)(H,21,24)(H,26,27)/t10?,14-/m0/s1. The van der Waals surface area contributed by atoms with Crippen LogP contribution >= 0.6 is 58.0 Å². The number of fused-ring (bicyclic) bond motifs is 1. The molecule has 2 aromatic rings. The van der Waals surface area contributed by atoms with Gasteiger partial charge in [0.15, 0.2) is 5.13 Å². The summed E-state index contributed by atoms with van der Waals surface area (Å²) in [6.07, 6.45) is 1.60. The Kier molecular flexibility index (Phi) is 6.52. The summed E-state index contributed by atoms with van der Waals surface area (Å²) in [4.78, 5) is 42.6. The van der Waals surface area contributed by atoms with E-state index in [1.807, 2.05) is 0 Å². The SMILES string of the molecule is Nc1nc(C(=CCl)C(=O)NC2C(=O)N3C(C(=O)O)=C(CSc4cnns4)CS[C@@H]23)cs1. The number of carbonyl (C=O) groups is 3. The van der Waals surface area contributed by atoms with Crippen molar-refractivity contribution >= 4 is 86.5 Å². The molecule has 4 rings (SSSR count). The van der Waals surface area contributed by atoms with Crippen LogP contribution in [0.3, 0.4) is 0 Å². The zero-order valence-electron chi connectivity index (χ0n) is 15.4. The number of nitrogens with two attached hydrogens (primary N) is 1. The van der Waals surface area contributed by atoms with Crippen LogP contribution in [0.25, 0.3) is 5.57 Å². The molecule has 15 heteroatoms. The molecule has 0 aliphatic carbocycles. The molecule has 0 saturated carbocycles. The quantitative estimate of drug-likeness (QED) is 0.281. The number of thiazole rings is 1. The number of aromatic nitrogens is 3. The second-order valence-corrected chi connectivity index (χ2v) is 10.5. The van der Waals surface area contributed by atoms with E-state index in [1.54, 1.807) is 11.6 Å². The lowest BCUT2D eigenvalue weighted by molar-refractivity contribution is -0.150. The van der Waals surface area contributed by atoms with Crippen molar-refractivity contribution in [1.82, 2.24) is 24.8 Å². The number of amides is 2. The van der Waals surface area contributed by atoms with Crippen LogP contribution in [0.4, 0.5) is 5.13 Å². The first kappa shape index (κ1) is 22.1. The zero-order valence-corrected chi connectivity index (χ0v) is 19.4. The minimum atomic E-state index is -1.18. The maximum atomic E-state index is 12.8. The number of nitrogens with zero attached hydrogens (tertiary/aromatic N) is 4. The molecule has 4 N–H and O–H groups in total. The van der Waals surface area contributed by atoms with Gasteiger partial charge in [-0.1, -0.05) is 16.1 Å². The van der Waals surface area contributed by atoms with E-state index in [0.29, 0.717) is 22.8 Å². The maximum absolute atomic E-state index is 12.8. The molecular formula is C16H13ClN6O4S4. The Morgan fingerprint density at radius 1 is 1.48 bits per heavy atom. The fourth-order valence-electron chi connectivity index (χ4n) is 3.03. The summed E-state index contributed by atoms with van der Waals surface area (Å²) in [5.41, 5.74) is 7.65. The summed E-state index contributed by atoms with van der Waals surface area (Å²) in [7, 11) is 0. The van der Waals surface area contributed by atoms with Gasteiger partial charge in [-0.25, -0.2) is 9.78 Å². The molecule has 4 heterocycles. The fraction of sp³-hybridized carbons (Fsp3) is 0.250. The first-order chi connectivity index (χ1) is 14.9. The van der Waals surface area contributed by atoms with Gasteiger partial charge in [0.25, 0.3) is 11.8 Å². The smallest absolute Gasteiger partial charge is 0.352 e. The maximum Gasteiger partial charge on any atom is 0.352 e. The number of halogens is 1. The lowest BCUT2D eigenvalue weighted by Gasteiger charge is -2.49. The summed E-state index contributed by atoms with van der Waals surface area (Å²) < 4.78 is 4.63. The molecule has 10 nitrogen and oxygen atoms in total. The molecule has 0 spiro atoms. The lowest BCUT2D eigenvalue weighted by atomic mass is 10.0. The molecule has 0 radical (unpaired) electrons. The van der Waals surface area contributed by atoms with E-state index >= 15 is 0 Å². The number of thioether (sulfide) groups is 2. The topological polar surface area (TPSA) is 151 Å². The lowest BCUT2D eigenvalue weighted by Crippen LogP contribution is -2.70. The number of nitrogen functional groups attached to an aromatic ring is 1. The molecule has 2 aliphatic rings. The molecule has 0 aromatic carbocycles. The van der Waals surface area contributed by atoms with Crippen LogP contribution in [-0.4, -0.2) is 65.3 Å². The Hall–Kier alpha value is -2.13. The molecule has 1 unspecified atom stereocenters. The number of nitrogens with one attached hydrogen (secondary N) is 1. The highest BCUT2D eigenvalue weighted by Gasteiger charge is 2.54. The number of anilines is 1. The molecule has 2 aromatic heterocycles. The van der Waals surface area contributed by atoms with E-state index in [2.05, 4.69) is 19.9 Å². The van der Waals surface area contributed by atoms with Gasteiger partial charge in [0.05, 0.1) is 17.5 Å². The van der Waals surface area contributed by atoms with E-state index in [0.717, 1.165) is 21.1 Å². The van der Waals surface area contributed by atoms with E-state index < -0.39 is 29.2 Å². The van der Waals surface area contributed by atoms with Crippen LogP contribution in [0.2, 0.25) is 0 Å². The number of β-lactam (4-membered cyclic amide) rings is 1. The van der Waals surface area contributed by atoms with Crippen molar-refractivity contribution in [2.75, 3.05) is 17.2 Å². The van der Waals surface area contributed by atoms with Crippen molar-refractivity contribution in [2.24, 2.45) is 0 Å². The minimum absolute atomic E-state index is 0.0374. The number of hydrogen-bond donors (Lipinski definition) is 3. The highest BCUT2D eigenvalue weighted by molar-refractivity contribution is 8.01. The molecule has 162 valence electrons. The van der Waals surface area contributed by atoms with Gasteiger partial charge in [-0.15, -0.1) is 40.0 Å². The second kappa shape index (κ2) is 9.16. The van der Waals surface area contributed by atoms with Gasteiger partial charge in [-0.05, 0) is 17.1 Å². The van der Waals surface area contributed by atoms with Crippen molar-refractivity contribution in [3.05, 3.63) is 34.1 Å². The summed E-state index contributed by atoms with van der Waals surface area (Å²) >= 11 is 11.0. The molecular weight excluding hydrogens is 504 g/mol. The predicted octanol–water partition coefficient (Wildman–Crippen LogP) is 1.69. The van der Waals surface area contributed by atoms with Gasteiger partial charge in [-0.3, -0.25) is 14.5 Å². The van der Waals surface area contributed by atoms with Gasteiger partial charge in [0.1, 0.15) is 21.3 Å². The van der Waals surface area contributed by atoms with Crippen LogP contribution in [0.1, 0.15) is 5.69 Å². The van der Waals surface area contributed by atoms with E-state index in [1.165, 1.54) is 40.0 Å². The Bertz CT molecular complexity index is 1100. The predicted molar refractivity (Wildman–Crippen MR) is 121 cm³/mol. The third kappa shape index (κ3) is 4.30. The van der Waals surface area contributed by atoms with E-state index in [-0.39, 0.29) is 16.4 Å². The van der Waals surface area contributed by atoms with Gasteiger partial charge < -0.3 is 16.2 Å². The Morgan fingerprint density at radius 3 is 2.90 bits per heavy atom. The number of carbonyl (C=O) groups excluding carboxylic acids is 2. The summed E-state index contributed by atoms with van der Waals surface area (Å²) in [5.74, 6) is -1.44. The Morgan fingerprint density at radius 2 is 2.29 bits per heavy atom. The summed E-state index contributed by atoms with van der Waals surface area (Å²) in [6.45, 7) is 0. The summed E-state index contributed by atoms with van der Waals surface area (Å²) in [5, 5.41) is 17.5. The highest BCUT2D eigenvalue weighted by Crippen LogP contribution is 2.42. The molecule has 0 bridgehead atoms. The molecule has 31 heavy (non-hydrogen) atoms. The van der Waals surface area contributed by atoms with Crippen LogP contribution in [-0.2, 0) is 14.4 Å². The van der Waals surface area contributed by atoms with Crippen molar-refractivity contribution in [2.45, 2.75) is 15.6 Å². The highest BCUT2D eigenvalue weighted by atomic mass is 35.5. The third-order valence-corrected chi connectivity index (χ3v) is 8.57. The van der Waals surface area contributed by atoms with Crippen molar-refractivity contribution in [3.8, 4) is 0 Å². The Balaban J connectivity index is 1.48. The first-order valence-corrected chi connectivity index (χ1v) is 12.7. The van der Waals surface area contributed by atoms with Gasteiger partial charge in [0, 0.05) is 22.4 Å². The van der Waals surface area contributed by atoms with Crippen molar-refractivity contribution < 1.29 is 19.5 Å². The number of hydrogen-bond acceptors (Lipinski definition) is 11. The average molecular weight is 517 g/mol. The second-order valence-electron chi connectivity index (χ2n) is 6.24. The molecule has 2 amide bonds. The number of carboxylic acids is 1. The number of rotatable bonds is 7. The normalized spacial score (nSPS) is 21.0. The molecule has 2 atom stereocenters. The monoisotopic (exact) mass is 516 g/mol. The average Bonchev–Trinajstić information content (AvgIpc) is 3.42. The third-order valence-electron chi connectivity index (χ3n) is 4.42. The van der Waals surface area contributed by atoms with Gasteiger partial charge in [0.2, 0.25) is 0 Å². The van der Waals surface area contributed by atoms with Gasteiger partial charge >= 0.3 is 5.97 Å². The zero-order chi connectivity index (χ0) is 22.1. The van der Waals surface area contributed by atoms with E-state index in [4.69, 9.17) is 17.3 Å². The van der Waals surface area contributed by atoms with Crippen molar-refractivity contribution in [1.29, 1.82) is 0 Å². The Labute approximate surface area is 197 Å². The molecule has 1 saturated heterocycles. The van der Waals surface area contributed by atoms with Crippen LogP contribution in [0.5, 0.6) is 0 Å². The number of aliphatic carboxylic acids is 1. The number of carboxylic acid groups (broad SMARTS) is 1. The van der Waals surface area contributed by atoms with Crippen LogP contribution in [0, 0.1) is 0 Å². The minimum Gasteiger partial charge on any atom is -0.477 e. The molecule has 2 aliphatic heterocycles. The fourth-order valence-corrected chi connectivity index (χ4v) is 6.71. The van der Waals surface area contributed by atoms with E-state index in [9.17, 15) is 19.5 Å². The van der Waals surface area contributed by atoms with Crippen molar-refractivity contribution in [3.63, 3.8) is 0 Å². The molecule has 1 fully saturated rings. The van der Waals surface area contributed by atoms with Crippen LogP contribution in [0.15, 0.2) is 32.6 Å². The van der Waals surface area contributed by atoms with Gasteiger partial charge in [-0.2, -0.15) is 0 Å². The summed E-state index contributed by atoms with van der Waals surface area (Å²) in [6, 6.07) is -0.866. The largest absolute Gasteiger partial charge is 0.477 e. The first-order valence-electron chi connectivity index (χ1n) is 8.53. The van der Waals surface area contributed by atoms with Crippen LogP contribution < -0.4 is 11.1 Å².